The first-order valence-electron chi connectivity index (χ1n) is 7.45. The van der Waals surface area contributed by atoms with Gasteiger partial charge in [0.15, 0.2) is 11.5 Å². The summed E-state index contributed by atoms with van der Waals surface area (Å²) in [6.45, 7) is 8.68. The van der Waals surface area contributed by atoms with Crippen molar-refractivity contribution >= 4 is 0 Å². The summed E-state index contributed by atoms with van der Waals surface area (Å²) in [5.41, 5.74) is 12.7. The number of benzene rings is 1. The Hall–Kier alpha value is -1.26. The van der Waals surface area contributed by atoms with Crippen molar-refractivity contribution in [2.45, 2.75) is 33.1 Å². The molecule has 0 aliphatic heterocycles. The molecule has 0 saturated heterocycles. The summed E-state index contributed by atoms with van der Waals surface area (Å²) in [6.07, 6.45) is 0.993. The fourth-order valence-electron chi connectivity index (χ4n) is 2.30. The highest BCUT2D eigenvalue weighted by Crippen LogP contribution is 2.33. The minimum absolute atomic E-state index is 0.368. The van der Waals surface area contributed by atoms with E-state index in [2.05, 4.69) is 19.1 Å². The predicted molar refractivity (Wildman–Crippen MR) is 83.4 cm³/mol. The van der Waals surface area contributed by atoms with Crippen LogP contribution in [0.5, 0.6) is 11.5 Å². The molecule has 1 rings (SSSR count). The predicted octanol–water partition coefficient (Wildman–Crippen LogP) is 2.51. The highest BCUT2D eigenvalue weighted by Gasteiger charge is 2.14. The Morgan fingerprint density at radius 3 is 2.15 bits per heavy atom. The maximum atomic E-state index is 5.73. The summed E-state index contributed by atoms with van der Waals surface area (Å²) in [6, 6.07) is 6.16. The minimum Gasteiger partial charge on any atom is -0.490 e. The molecule has 1 unspecified atom stereocenters. The van der Waals surface area contributed by atoms with Gasteiger partial charge >= 0.3 is 0 Å². The normalized spacial score (nSPS) is 12.5. The Morgan fingerprint density at radius 2 is 1.60 bits per heavy atom. The Labute approximate surface area is 122 Å². The van der Waals surface area contributed by atoms with Crippen molar-refractivity contribution in [1.29, 1.82) is 0 Å². The van der Waals surface area contributed by atoms with Gasteiger partial charge in [-0.2, -0.15) is 0 Å². The molecule has 0 heterocycles. The maximum absolute atomic E-state index is 5.73. The van der Waals surface area contributed by atoms with Crippen LogP contribution in [0.25, 0.3) is 0 Å². The van der Waals surface area contributed by atoms with Crippen LogP contribution < -0.4 is 20.9 Å². The van der Waals surface area contributed by atoms with Crippen LogP contribution in [0.15, 0.2) is 18.2 Å². The number of hydrogen-bond donors (Lipinski definition) is 2. The summed E-state index contributed by atoms with van der Waals surface area (Å²) in [5.74, 6) is 2.39. The first-order valence-corrected chi connectivity index (χ1v) is 7.45. The maximum Gasteiger partial charge on any atom is 0.161 e. The molecule has 0 aliphatic rings. The summed E-state index contributed by atoms with van der Waals surface area (Å²) < 4.78 is 11.2. The molecule has 4 nitrogen and oxygen atoms in total. The van der Waals surface area contributed by atoms with Crippen molar-refractivity contribution in [3.63, 3.8) is 0 Å². The average molecular weight is 280 g/mol. The highest BCUT2D eigenvalue weighted by atomic mass is 16.5. The topological polar surface area (TPSA) is 70.5 Å². The third-order valence-corrected chi connectivity index (χ3v) is 3.49. The van der Waals surface area contributed by atoms with Crippen LogP contribution in [-0.2, 0) is 0 Å². The van der Waals surface area contributed by atoms with Crippen molar-refractivity contribution in [1.82, 2.24) is 0 Å². The van der Waals surface area contributed by atoms with Gasteiger partial charge in [-0.05, 0) is 62.9 Å². The van der Waals surface area contributed by atoms with Gasteiger partial charge in [-0.15, -0.1) is 0 Å². The molecule has 1 aromatic rings. The average Bonchev–Trinajstić information content (AvgIpc) is 2.46. The van der Waals surface area contributed by atoms with Crippen LogP contribution in [0, 0.1) is 5.92 Å². The second-order valence-corrected chi connectivity index (χ2v) is 5.05. The van der Waals surface area contributed by atoms with Gasteiger partial charge in [0, 0.05) is 0 Å². The summed E-state index contributed by atoms with van der Waals surface area (Å²) in [7, 11) is 0. The zero-order chi connectivity index (χ0) is 15.0. The van der Waals surface area contributed by atoms with Gasteiger partial charge in [0.2, 0.25) is 0 Å². The second kappa shape index (κ2) is 8.82. The fourth-order valence-corrected chi connectivity index (χ4v) is 2.30. The zero-order valence-electron chi connectivity index (χ0n) is 12.9. The third kappa shape index (κ3) is 4.69. The molecule has 0 bridgehead atoms. The Kier molecular flexibility index (Phi) is 7.41. The van der Waals surface area contributed by atoms with Crippen molar-refractivity contribution in [2.75, 3.05) is 26.3 Å². The molecule has 0 spiro atoms. The molecule has 0 fully saturated rings. The molecule has 0 radical (unpaired) electrons. The van der Waals surface area contributed by atoms with Gasteiger partial charge in [0.1, 0.15) is 0 Å². The van der Waals surface area contributed by atoms with Crippen LogP contribution >= 0.6 is 0 Å². The Bertz CT molecular complexity index is 392. The van der Waals surface area contributed by atoms with Crippen molar-refractivity contribution in [3.05, 3.63) is 23.8 Å². The lowest BCUT2D eigenvalue weighted by molar-refractivity contribution is 0.287. The van der Waals surface area contributed by atoms with Gasteiger partial charge in [-0.25, -0.2) is 0 Å². The largest absolute Gasteiger partial charge is 0.490 e. The summed E-state index contributed by atoms with van der Waals surface area (Å²) in [4.78, 5) is 0. The van der Waals surface area contributed by atoms with Gasteiger partial charge in [-0.1, -0.05) is 13.0 Å². The fraction of sp³-hybridized carbons (Fsp3) is 0.625. The standard InChI is InChI=1S/C16H28N2O2/c1-4-19-15-7-6-14(9-16(15)20-5-2)12(3)8-13(10-17)11-18/h6-7,9,12-13H,4-5,8,10-11,17-18H2,1-3H3. The third-order valence-electron chi connectivity index (χ3n) is 3.49. The lowest BCUT2D eigenvalue weighted by Crippen LogP contribution is -2.24. The van der Waals surface area contributed by atoms with E-state index in [9.17, 15) is 0 Å². The van der Waals surface area contributed by atoms with E-state index in [-0.39, 0.29) is 0 Å². The van der Waals surface area contributed by atoms with E-state index in [1.807, 2.05) is 19.9 Å². The first kappa shape index (κ1) is 16.8. The molecule has 0 aromatic heterocycles. The van der Waals surface area contributed by atoms with Crippen molar-refractivity contribution < 1.29 is 9.47 Å². The van der Waals surface area contributed by atoms with Crippen LogP contribution in [-0.4, -0.2) is 26.3 Å². The van der Waals surface area contributed by atoms with E-state index in [4.69, 9.17) is 20.9 Å². The van der Waals surface area contributed by atoms with Crippen LogP contribution in [0.2, 0.25) is 0 Å². The molecule has 4 N–H and O–H groups in total. The molecule has 4 heteroatoms. The van der Waals surface area contributed by atoms with E-state index < -0.39 is 0 Å². The number of hydrogen-bond acceptors (Lipinski definition) is 4. The zero-order valence-corrected chi connectivity index (χ0v) is 12.9. The van der Waals surface area contributed by atoms with E-state index in [1.54, 1.807) is 0 Å². The molecular weight excluding hydrogens is 252 g/mol. The van der Waals surface area contributed by atoms with Crippen LogP contribution in [0.4, 0.5) is 0 Å². The van der Waals surface area contributed by atoms with Gasteiger partial charge in [0.25, 0.3) is 0 Å². The van der Waals surface area contributed by atoms with E-state index >= 15 is 0 Å². The van der Waals surface area contributed by atoms with Gasteiger partial charge in [-0.3, -0.25) is 0 Å². The lowest BCUT2D eigenvalue weighted by Gasteiger charge is -2.20. The molecule has 20 heavy (non-hydrogen) atoms. The molecular formula is C16H28N2O2. The quantitative estimate of drug-likeness (QED) is 0.729. The molecule has 0 amide bonds. The molecule has 1 atom stereocenters. The smallest absolute Gasteiger partial charge is 0.161 e. The van der Waals surface area contributed by atoms with Crippen molar-refractivity contribution in [2.24, 2.45) is 17.4 Å². The number of rotatable bonds is 9. The van der Waals surface area contributed by atoms with Crippen LogP contribution in [0.1, 0.15) is 38.7 Å². The molecule has 114 valence electrons. The van der Waals surface area contributed by atoms with E-state index in [0.717, 1.165) is 17.9 Å². The lowest BCUT2D eigenvalue weighted by atomic mass is 9.90. The van der Waals surface area contributed by atoms with Crippen molar-refractivity contribution in [3.8, 4) is 11.5 Å². The van der Waals surface area contributed by atoms with Crippen LogP contribution in [0.3, 0.4) is 0 Å². The monoisotopic (exact) mass is 280 g/mol. The summed E-state index contributed by atoms with van der Waals surface area (Å²) in [5, 5.41) is 0. The van der Waals surface area contributed by atoms with Gasteiger partial charge in [0.05, 0.1) is 13.2 Å². The van der Waals surface area contributed by atoms with Gasteiger partial charge < -0.3 is 20.9 Å². The Morgan fingerprint density at radius 1 is 1.00 bits per heavy atom. The molecule has 0 aliphatic carbocycles. The first-order chi connectivity index (χ1) is 9.65. The highest BCUT2D eigenvalue weighted by molar-refractivity contribution is 5.44. The molecule has 0 saturated carbocycles. The Balaban J connectivity index is 2.86. The number of ether oxygens (including phenoxy) is 2. The second-order valence-electron chi connectivity index (χ2n) is 5.05. The number of nitrogens with two attached hydrogens (primary N) is 2. The van der Waals surface area contributed by atoms with E-state index in [0.29, 0.717) is 38.1 Å². The SMILES string of the molecule is CCOc1ccc(C(C)CC(CN)CN)cc1OCC. The minimum atomic E-state index is 0.368. The van der Waals surface area contributed by atoms with E-state index in [1.165, 1.54) is 5.56 Å². The summed E-state index contributed by atoms with van der Waals surface area (Å²) >= 11 is 0. The molecule has 1 aromatic carbocycles.